The first-order valence-corrected chi connectivity index (χ1v) is 10.2. The zero-order valence-electron chi connectivity index (χ0n) is 14.5. The Balaban J connectivity index is 1.44. The SMILES string of the molecule is C[C@H](Sc1nnc(COc2ccccc2Cl)n1C1CC1)C(=O)NC1CC1. The second-order valence-corrected chi connectivity index (χ2v) is 8.48. The van der Waals surface area contributed by atoms with E-state index in [2.05, 4.69) is 20.1 Å². The van der Waals surface area contributed by atoms with E-state index in [0.29, 0.717) is 29.5 Å². The Labute approximate surface area is 161 Å². The number of benzene rings is 1. The number of rotatable bonds is 8. The Morgan fingerprint density at radius 1 is 1.35 bits per heavy atom. The van der Waals surface area contributed by atoms with Crippen molar-refractivity contribution in [3.05, 3.63) is 35.1 Å². The third kappa shape index (κ3) is 4.15. The number of para-hydroxylation sites is 1. The van der Waals surface area contributed by atoms with Crippen molar-refractivity contribution in [1.29, 1.82) is 0 Å². The lowest BCUT2D eigenvalue weighted by atomic mass is 10.3. The van der Waals surface area contributed by atoms with Crippen molar-refractivity contribution in [3.8, 4) is 5.75 Å². The number of halogens is 1. The molecule has 0 radical (unpaired) electrons. The zero-order chi connectivity index (χ0) is 18.1. The van der Waals surface area contributed by atoms with Gasteiger partial charge in [-0.1, -0.05) is 35.5 Å². The second-order valence-electron chi connectivity index (χ2n) is 6.76. The quantitative estimate of drug-likeness (QED) is 0.695. The summed E-state index contributed by atoms with van der Waals surface area (Å²) in [6, 6.07) is 8.14. The third-order valence-corrected chi connectivity index (χ3v) is 5.78. The van der Waals surface area contributed by atoms with Gasteiger partial charge in [0.2, 0.25) is 5.91 Å². The molecule has 2 aromatic rings. The molecule has 0 aliphatic heterocycles. The van der Waals surface area contributed by atoms with Crippen LogP contribution in [0.4, 0.5) is 0 Å². The van der Waals surface area contributed by atoms with E-state index in [1.165, 1.54) is 11.8 Å². The number of nitrogens with one attached hydrogen (secondary N) is 1. The van der Waals surface area contributed by atoms with Crippen molar-refractivity contribution in [2.24, 2.45) is 0 Å². The lowest BCUT2D eigenvalue weighted by Gasteiger charge is -2.13. The molecule has 0 bridgehead atoms. The minimum Gasteiger partial charge on any atom is -0.484 e. The van der Waals surface area contributed by atoms with Crippen molar-refractivity contribution in [3.63, 3.8) is 0 Å². The molecule has 4 rings (SSSR count). The monoisotopic (exact) mass is 392 g/mol. The molecule has 2 fully saturated rings. The molecule has 1 N–H and O–H groups in total. The molecule has 1 atom stereocenters. The first kappa shape index (κ1) is 17.7. The van der Waals surface area contributed by atoms with Gasteiger partial charge in [-0.25, -0.2) is 0 Å². The topological polar surface area (TPSA) is 69.0 Å². The van der Waals surface area contributed by atoms with E-state index < -0.39 is 0 Å². The maximum absolute atomic E-state index is 12.2. The summed E-state index contributed by atoms with van der Waals surface area (Å²) in [7, 11) is 0. The van der Waals surface area contributed by atoms with Crippen LogP contribution in [0.3, 0.4) is 0 Å². The van der Waals surface area contributed by atoms with E-state index in [1.54, 1.807) is 6.07 Å². The van der Waals surface area contributed by atoms with Gasteiger partial charge in [0.1, 0.15) is 12.4 Å². The number of amides is 1. The van der Waals surface area contributed by atoms with E-state index in [-0.39, 0.29) is 11.2 Å². The minimum atomic E-state index is -0.199. The Morgan fingerprint density at radius 3 is 2.81 bits per heavy atom. The normalized spacial score (nSPS) is 17.8. The molecule has 2 aliphatic rings. The number of hydrogen-bond donors (Lipinski definition) is 1. The maximum atomic E-state index is 12.2. The smallest absolute Gasteiger partial charge is 0.233 e. The molecule has 2 aliphatic carbocycles. The molecule has 1 heterocycles. The predicted octanol–water partition coefficient (Wildman–Crippen LogP) is 3.60. The number of carbonyl (C=O) groups is 1. The predicted molar refractivity (Wildman–Crippen MR) is 101 cm³/mol. The zero-order valence-corrected chi connectivity index (χ0v) is 16.1. The fraction of sp³-hybridized carbons (Fsp3) is 0.500. The number of nitrogens with zero attached hydrogens (tertiary/aromatic N) is 3. The highest BCUT2D eigenvalue weighted by atomic mass is 35.5. The Morgan fingerprint density at radius 2 is 2.12 bits per heavy atom. The molecule has 2 saturated carbocycles. The molecule has 1 aromatic heterocycles. The number of aromatic nitrogens is 3. The molecule has 0 unspecified atom stereocenters. The summed E-state index contributed by atoms with van der Waals surface area (Å²) in [5, 5.41) is 12.8. The third-order valence-electron chi connectivity index (χ3n) is 4.42. The van der Waals surface area contributed by atoms with Crippen molar-refractivity contribution in [2.75, 3.05) is 0 Å². The fourth-order valence-electron chi connectivity index (χ4n) is 2.65. The highest BCUT2D eigenvalue weighted by molar-refractivity contribution is 8.00. The van der Waals surface area contributed by atoms with Gasteiger partial charge in [-0.2, -0.15) is 0 Å². The Hall–Kier alpha value is -1.73. The first-order valence-electron chi connectivity index (χ1n) is 8.90. The van der Waals surface area contributed by atoms with Crippen LogP contribution in [0.15, 0.2) is 29.4 Å². The lowest BCUT2D eigenvalue weighted by Crippen LogP contribution is -2.32. The summed E-state index contributed by atoms with van der Waals surface area (Å²) in [5.41, 5.74) is 0. The van der Waals surface area contributed by atoms with Gasteiger partial charge in [0.05, 0.1) is 10.3 Å². The average Bonchev–Trinajstić information content (AvgIpc) is 3.55. The number of ether oxygens (including phenoxy) is 1. The molecule has 8 heteroatoms. The van der Waals surface area contributed by atoms with Crippen molar-refractivity contribution >= 4 is 29.3 Å². The van der Waals surface area contributed by atoms with Crippen LogP contribution in [0.2, 0.25) is 5.02 Å². The van der Waals surface area contributed by atoms with Crippen LogP contribution in [-0.2, 0) is 11.4 Å². The van der Waals surface area contributed by atoms with Gasteiger partial charge in [0, 0.05) is 12.1 Å². The van der Waals surface area contributed by atoms with Gasteiger partial charge in [-0.05, 0) is 44.7 Å². The molecular formula is C18H21ClN4O2S. The molecule has 1 aromatic carbocycles. The molecule has 6 nitrogen and oxygen atoms in total. The van der Waals surface area contributed by atoms with Crippen molar-refractivity contribution < 1.29 is 9.53 Å². The highest BCUT2D eigenvalue weighted by Crippen LogP contribution is 2.40. The van der Waals surface area contributed by atoms with Gasteiger partial charge in [0.15, 0.2) is 11.0 Å². The average molecular weight is 393 g/mol. The van der Waals surface area contributed by atoms with Crippen LogP contribution >= 0.6 is 23.4 Å². The summed E-state index contributed by atoms with van der Waals surface area (Å²) >= 11 is 7.60. The Bertz CT molecular complexity index is 804. The van der Waals surface area contributed by atoms with Crippen LogP contribution in [0.1, 0.15) is 44.5 Å². The molecule has 0 saturated heterocycles. The standard InChI is InChI=1S/C18H21ClN4O2S/c1-11(17(24)20-12-6-7-12)26-18-22-21-16(23(18)13-8-9-13)10-25-15-5-3-2-4-14(15)19/h2-5,11-13H,6-10H2,1H3,(H,20,24)/t11-/m0/s1. The van der Waals surface area contributed by atoms with Crippen molar-refractivity contribution in [1.82, 2.24) is 20.1 Å². The molecule has 1 amide bonds. The van der Waals surface area contributed by atoms with Crippen LogP contribution < -0.4 is 10.1 Å². The van der Waals surface area contributed by atoms with E-state index in [9.17, 15) is 4.79 Å². The van der Waals surface area contributed by atoms with Crippen LogP contribution in [0, 0.1) is 0 Å². The summed E-state index contributed by atoms with van der Waals surface area (Å²) in [4.78, 5) is 12.2. The van der Waals surface area contributed by atoms with Crippen LogP contribution in [-0.4, -0.2) is 32.0 Å². The highest BCUT2D eigenvalue weighted by Gasteiger charge is 2.32. The summed E-state index contributed by atoms with van der Waals surface area (Å²) in [6.07, 6.45) is 4.39. The number of hydrogen-bond acceptors (Lipinski definition) is 5. The van der Waals surface area contributed by atoms with Gasteiger partial charge in [0.25, 0.3) is 0 Å². The van der Waals surface area contributed by atoms with Gasteiger partial charge in [-0.15, -0.1) is 10.2 Å². The summed E-state index contributed by atoms with van der Waals surface area (Å²) in [5.74, 6) is 1.47. The van der Waals surface area contributed by atoms with Gasteiger partial charge < -0.3 is 10.1 Å². The largest absolute Gasteiger partial charge is 0.484 e. The van der Waals surface area contributed by atoms with Crippen molar-refractivity contribution in [2.45, 2.75) is 61.7 Å². The lowest BCUT2D eigenvalue weighted by molar-refractivity contribution is -0.120. The maximum Gasteiger partial charge on any atom is 0.233 e. The molecular weight excluding hydrogens is 372 g/mol. The van der Waals surface area contributed by atoms with E-state index in [1.807, 2.05) is 25.1 Å². The minimum absolute atomic E-state index is 0.0664. The Kier molecular flexibility index (Phi) is 5.09. The first-order chi connectivity index (χ1) is 12.6. The van der Waals surface area contributed by atoms with Crippen LogP contribution in [0.25, 0.3) is 0 Å². The number of thioether (sulfide) groups is 1. The van der Waals surface area contributed by atoms with Gasteiger partial charge in [-0.3, -0.25) is 9.36 Å². The summed E-state index contributed by atoms with van der Waals surface area (Å²) in [6.45, 7) is 2.21. The summed E-state index contributed by atoms with van der Waals surface area (Å²) < 4.78 is 7.94. The molecule has 0 spiro atoms. The van der Waals surface area contributed by atoms with Crippen LogP contribution in [0.5, 0.6) is 5.75 Å². The van der Waals surface area contributed by atoms with Gasteiger partial charge >= 0.3 is 0 Å². The molecule has 138 valence electrons. The fourth-order valence-corrected chi connectivity index (χ4v) is 3.79. The van der Waals surface area contributed by atoms with E-state index in [4.69, 9.17) is 16.3 Å². The van der Waals surface area contributed by atoms with E-state index >= 15 is 0 Å². The molecule has 26 heavy (non-hydrogen) atoms. The van der Waals surface area contributed by atoms with E-state index in [0.717, 1.165) is 36.7 Å². The second kappa shape index (κ2) is 7.48. The number of carbonyl (C=O) groups excluding carboxylic acids is 1.